The third-order valence-corrected chi connectivity index (χ3v) is 9.91. The Morgan fingerprint density at radius 3 is 1.81 bits per heavy atom. The third-order valence-electron chi connectivity index (χ3n) is 9.20. The Morgan fingerprint density at radius 1 is 0.790 bits per heavy atom. The van der Waals surface area contributed by atoms with E-state index in [0.29, 0.717) is 35.5 Å². The van der Waals surface area contributed by atoms with Gasteiger partial charge in [-0.2, -0.15) is 4.90 Å². The molecule has 1 fully saturated rings. The molecule has 2 heterocycles. The number of carboxylic acid groups (broad SMARTS) is 2. The van der Waals surface area contributed by atoms with Gasteiger partial charge in [0.2, 0.25) is 0 Å². The molecule has 2 aromatic carbocycles. The van der Waals surface area contributed by atoms with Gasteiger partial charge in [0.15, 0.2) is 11.6 Å². The summed E-state index contributed by atoms with van der Waals surface area (Å²) in [6, 6.07) is 10.8. The first-order valence-electron chi connectivity index (χ1n) is 20.3. The largest absolute Gasteiger partial charge is 0.480 e. The SMILES string of the molecule is CC(C)CN(Cc1ccc(-c2cnc(N(C(=O)OC(C)(C)C)C(=O)OC(C)(C)C)c(N(Cc3c(Cl)cccc3Cl)C(=O)OC(C)(C)C)n2)cc1)C1CCN(C(=O)O)[C@@H](C(=O)O)C1. The lowest BCUT2D eigenvalue weighted by Crippen LogP contribution is -2.54. The number of hydrogen-bond donors (Lipinski definition) is 2. The van der Waals surface area contributed by atoms with Crippen LogP contribution in [0.2, 0.25) is 10.0 Å². The average molecular weight is 902 g/mol. The molecule has 3 aromatic rings. The van der Waals surface area contributed by atoms with Crippen molar-refractivity contribution in [2.45, 2.75) is 131 Å². The molecule has 0 bridgehead atoms. The van der Waals surface area contributed by atoms with Crippen LogP contribution in [-0.2, 0) is 32.1 Å². The number of nitrogens with zero attached hydrogens (tertiary/aromatic N) is 6. The Morgan fingerprint density at radius 2 is 1.32 bits per heavy atom. The predicted octanol–water partition coefficient (Wildman–Crippen LogP) is 10.1. The van der Waals surface area contributed by atoms with Crippen molar-refractivity contribution < 1.29 is 48.4 Å². The van der Waals surface area contributed by atoms with Gasteiger partial charge in [-0.1, -0.05) is 67.4 Å². The molecule has 0 saturated carbocycles. The summed E-state index contributed by atoms with van der Waals surface area (Å²) in [6.45, 7) is 19.8. The monoisotopic (exact) mass is 900 g/mol. The summed E-state index contributed by atoms with van der Waals surface area (Å²) in [4.78, 5) is 80.4. The molecule has 16 nitrogen and oxygen atoms in total. The fourth-order valence-electron chi connectivity index (χ4n) is 6.67. The molecule has 1 unspecified atom stereocenters. The molecule has 2 N–H and O–H groups in total. The van der Waals surface area contributed by atoms with Gasteiger partial charge in [-0.05, 0) is 98.8 Å². The number of anilines is 2. The number of ether oxygens (including phenoxy) is 3. The minimum Gasteiger partial charge on any atom is -0.480 e. The van der Waals surface area contributed by atoms with Crippen molar-refractivity contribution >= 4 is 65.2 Å². The molecular formula is C44H58Cl2N6O10. The molecule has 4 rings (SSSR count). The number of hydrogen-bond acceptors (Lipinski definition) is 11. The molecule has 0 radical (unpaired) electrons. The van der Waals surface area contributed by atoms with Crippen LogP contribution in [0.1, 0.15) is 100 Å². The number of carboxylic acids is 1. The van der Waals surface area contributed by atoms with Crippen molar-refractivity contribution in [3.8, 4) is 11.3 Å². The third kappa shape index (κ3) is 13.7. The van der Waals surface area contributed by atoms with Crippen LogP contribution < -0.4 is 9.80 Å². The molecule has 338 valence electrons. The van der Waals surface area contributed by atoms with Crippen molar-refractivity contribution in [3.05, 3.63) is 69.8 Å². The summed E-state index contributed by atoms with van der Waals surface area (Å²) in [5, 5.41) is 19.9. The zero-order valence-corrected chi connectivity index (χ0v) is 38.7. The van der Waals surface area contributed by atoms with Crippen LogP contribution in [0.4, 0.5) is 30.8 Å². The molecular weight excluding hydrogens is 843 g/mol. The maximum Gasteiger partial charge on any atom is 0.425 e. The van der Waals surface area contributed by atoms with Gasteiger partial charge in [0.1, 0.15) is 22.8 Å². The molecule has 2 atom stereocenters. The number of aromatic nitrogens is 2. The summed E-state index contributed by atoms with van der Waals surface area (Å²) in [5.41, 5.74) is -1.15. The summed E-state index contributed by atoms with van der Waals surface area (Å²) >= 11 is 13.3. The van der Waals surface area contributed by atoms with Crippen LogP contribution in [0.25, 0.3) is 11.3 Å². The molecule has 1 saturated heterocycles. The van der Waals surface area contributed by atoms with E-state index in [1.54, 1.807) is 92.6 Å². The quantitative estimate of drug-likeness (QED) is 0.173. The van der Waals surface area contributed by atoms with Crippen molar-refractivity contribution in [2.24, 2.45) is 5.92 Å². The van der Waals surface area contributed by atoms with E-state index in [0.717, 1.165) is 15.4 Å². The summed E-state index contributed by atoms with van der Waals surface area (Å²) in [7, 11) is 0. The lowest BCUT2D eigenvalue weighted by atomic mass is 9.94. The van der Waals surface area contributed by atoms with Gasteiger partial charge < -0.3 is 24.4 Å². The van der Waals surface area contributed by atoms with E-state index in [1.807, 2.05) is 12.1 Å². The maximum atomic E-state index is 14.3. The number of carbonyl (C=O) groups is 5. The minimum absolute atomic E-state index is 0.101. The van der Waals surface area contributed by atoms with Crippen LogP contribution in [0.5, 0.6) is 0 Å². The molecule has 1 aromatic heterocycles. The highest BCUT2D eigenvalue weighted by molar-refractivity contribution is 6.36. The number of rotatable bonds is 11. The molecule has 18 heteroatoms. The van der Waals surface area contributed by atoms with Crippen molar-refractivity contribution in [2.75, 3.05) is 22.9 Å². The summed E-state index contributed by atoms with van der Waals surface area (Å²) in [6.07, 6.45) is -2.50. The second kappa shape index (κ2) is 19.9. The molecule has 62 heavy (non-hydrogen) atoms. The van der Waals surface area contributed by atoms with Crippen molar-refractivity contribution in [1.29, 1.82) is 0 Å². The first-order chi connectivity index (χ1) is 28.6. The zero-order chi connectivity index (χ0) is 46.5. The number of piperidine rings is 1. The number of aliphatic carboxylic acids is 1. The fraction of sp³-hybridized carbons (Fsp3) is 0.523. The van der Waals surface area contributed by atoms with Crippen LogP contribution in [-0.4, -0.2) is 102 Å². The number of imide groups is 1. The Balaban J connectivity index is 1.87. The number of benzene rings is 2. The molecule has 0 spiro atoms. The van der Waals surface area contributed by atoms with Gasteiger partial charge in [0.05, 0.1) is 18.4 Å². The molecule has 4 amide bonds. The van der Waals surface area contributed by atoms with E-state index in [9.17, 15) is 34.2 Å². The standard InChI is InChI=1S/C44H58Cl2N6O10/c1-26(2)23-49(29-19-20-50(38(55)56)34(21-29)37(53)54)24-27-15-17-28(18-16-27)33-22-47-35(52(40(58)61-43(6,7)8)41(59)62-44(9,10)11)36(48-33)51(39(57)60-42(3,4)5)25-30-31(45)13-12-14-32(30)46/h12-18,22,26,29,34H,19-21,23-25H2,1-11H3,(H,53,54)(H,55,56)/t29?,34-/m1/s1. The Bertz CT molecular complexity index is 2070. The van der Waals surface area contributed by atoms with E-state index in [-0.39, 0.29) is 53.0 Å². The van der Waals surface area contributed by atoms with E-state index in [4.69, 9.17) is 42.4 Å². The first kappa shape index (κ1) is 49.5. The van der Waals surface area contributed by atoms with Gasteiger partial charge in [-0.25, -0.2) is 33.9 Å². The Kier molecular flexibility index (Phi) is 15.9. The lowest BCUT2D eigenvalue weighted by molar-refractivity contribution is -0.144. The summed E-state index contributed by atoms with van der Waals surface area (Å²) in [5.74, 6) is -1.63. The van der Waals surface area contributed by atoms with Crippen LogP contribution >= 0.6 is 23.2 Å². The zero-order valence-electron chi connectivity index (χ0n) is 37.2. The lowest BCUT2D eigenvalue weighted by Gasteiger charge is -2.41. The van der Waals surface area contributed by atoms with Crippen LogP contribution in [0.3, 0.4) is 0 Å². The molecule has 0 aliphatic carbocycles. The number of amides is 4. The van der Waals surface area contributed by atoms with Crippen molar-refractivity contribution in [3.63, 3.8) is 0 Å². The molecule has 1 aliphatic rings. The molecule has 1 aliphatic heterocycles. The number of carbonyl (C=O) groups excluding carboxylic acids is 3. The number of likely N-dealkylation sites (tertiary alicyclic amines) is 1. The topological polar surface area (TPSA) is 192 Å². The smallest absolute Gasteiger partial charge is 0.425 e. The van der Waals surface area contributed by atoms with Gasteiger partial charge in [-0.15, -0.1) is 0 Å². The summed E-state index contributed by atoms with van der Waals surface area (Å²) < 4.78 is 17.2. The van der Waals surface area contributed by atoms with Gasteiger partial charge >= 0.3 is 30.3 Å². The maximum absolute atomic E-state index is 14.3. The van der Waals surface area contributed by atoms with E-state index in [2.05, 4.69) is 23.7 Å². The van der Waals surface area contributed by atoms with Gasteiger partial charge in [0, 0.05) is 46.8 Å². The van der Waals surface area contributed by atoms with E-state index < -0.39 is 59.0 Å². The minimum atomic E-state index is -1.26. The normalized spacial score (nSPS) is 15.9. The number of halogens is 2. The van der Waals surface area contributed by atoms with E-state index >= 15 is 0 Å². The second-order valence-corrected chi connectivity index (χ2v) is 19.3. The Hall–Kier alpha value is -5.19. The van der Waals surface area contributed by atoms with E-state index in [1.165, 1.54) is 6.20 Å². The fourth-order valence-corrected chi connectivity index (χ4v) is 7.18. The van der Waals surface area contributed by atoms with Crippen LogP contribution in [0.15, 0.2) is 48.7 Å². The second-order valence-electron chi connectivity index (χ2n) is 18.5. The Labute approximate surface area is 373 Å². The van der Waals surface area contributed by atoms with Crippen LogP contribution in [0, 0.1) is 5.92 Å². The highest BCUT2D eigenvalue weighted by atomic mass is 35.5. The van der Waals surface area contributed by atoms with Gasteiger partial charge in [0.25, 0.3) is 0 Å². The van der Waals surface area contributed by atoms with Crippen molar-refractivity contribution in [1.82, 2.24) is 19.8 Å². The average Bonchev–Trinajstić information content (AvgIpc) is 3.12. The highest BCUT2D eigenvalue weighted by Crippen LogP contribution is 2.36. The van der Waals surface area contributed by atoms with Gasteiger partial charge in [-0.3, -0.25) is 14.7 Å². The predicted molar refractivity (Wildman–Crippen MR) is 236 cm³/mol. The highest BCUT2D eigenvalue weighted by Gasteiger charge is 2.40. The first-order valence-corrected chi connectivity index (χ1v) is 21.0.